The highest BCUT2D eigenvalue weighted by Crippen LogP contribution is 1.95. The molecule has 0 bridgehead atoms. The second kappa shape index (κ2) is 6.05. The minimum Gasteiger partial charge on any atom is -0.396 e. The monoisotopic (exact) mass is 118 g/mol. The van der Waals surface area contributed by atoms with Gasteiger partial charge < -0.3 is 5.11 Å². The Balaban J connectivity index is 2.56. The highest BCUT2D eigenvalue weighted by Gasteiger charge is 1.77. The maximum Gasteiger partial charge on any atom is 0.0521 e. The van der Waals surface area contributed by atoms with E-state index in [0.29, 0.717) is 0 Å². The lowest BCUT2D eigenvalue weighted by Crippen LogP contribution is -1.84. The zero-order chi connectivity index (χ0) is 5.54. The fraction of sp³-hybridized carbons (Fsp3) is 0.600. The number of hydrogen-bond donors (Lipinski definition) is 1. The highest BCUT2D eigenvalue weighted by atomic mass is 32.2. The predicted octanol–water partition coefficient (Wildman–Crippen LogP) is 0.898. The zero-order valence-corrected chi connectivity index (χ0v) is 5.08. The lowest BCUT2D eigenvalue weighted by molar-refractivity contribution is 0.322. The fourth-order valence-electron chi connectivity index (χ4n) is 0.231. The van der Waals surface area contributed by atoms with Crippen molar-refractivity contribution in [2.75, 3.05) is 18.1 Å². The third kappa shape index (κ3) is 6.05. The van der Waals surface area contributed by atoms with Crippen molar-refractivity contribution in [2.24, 2.45) is 0 Å². The summed E-state index contributed by atoms with van der Waals surface area (Å²) in [5.41, 5.74) is 0. The Kier molecular flexibility index (Phi) is 6.09. The van der Waals surface area contributed by atoms with Gasteiger partial charge in [0.05, 0.1) is 6.61 Å². The summed E-state index contributed by atoms with van der Waals surface area (Å²) in [5, 5.41) is 8.24. The molecule has 42 valence electrons. The first kappa shape index (κ1) is 7.05. The average molecular weight is 118 g/mol. The Labute approximate surface area is 48.4 Å². The van der Waals surface area contributed by atoms with Crippen molar-refractivity contribution in [1.29, 1.82) is 0 Å². The second-order valence-corrected chi connectivity index (χ2v) is 2.24. The van der Waals surface area contributed by atoms with E-state index in [0.717, 1.165) is 11.5 Å². The molecule has 0 aliphatic heterocycles. The fourth-order valence-corrected chi connectivity index (χ4v) is 0.694. The minimum atomic E-state index is 0.276. The quantitative estimate of drug-likeness (QED) is 0.437. The van der Waals surface area contributed by atoms with Gasteiger partial charge in [0, 0.05) is 11.5 Å². The standard InChI is InChI=1S/C5H10OS/c1-2-4-7-5-3-6/h2,6H,1,3-5H2. The van der Waals surface area contributed by atoms with Crippen molar-refractivity contribution in [1.82, 2.24) is 0 Å². The van der Waals surface area contributed by atoms with Crippen LogP contribution in [0.3, 0.4) is 0 Å². The first-order valence-electron chi connectivity index (χ1n) is 2.21. The van der Waals surface area contributed by atoms with Crippen molar-refractivity contribution >= 4 is 11.8 Å². The maximum absolute atomic E-state index is 8.24. The molecule has 0 atom stereocenters. The van der Waals surface area contributed by atoms with Gasteiger partial charge in [0.1, 0.15) is 0 Å². The molecule has 0 spiro atoms. The molecule has 0 aromatic rings. The average Bonchev–Trinajstić information content (AvgIpc) is 1.69. The van der Waals surface area contributed by atoms with E-state index in [2.05, 4.69) is 6.58 Å². The van der Waals surface area contributed by atoms with Gasteiger partial charge >= 0.3 is 0 Å². The lowest BCUT2D eigenvalue weighted by Gasteiger charge is -1.88. The molecule has 1 N–H and O–H groups in total. The second-order valence-electron chi connectivity index (χ2n) is 1.09. The van der Waals surface area contributed by atoms with Crippen LogP contribution in [-0.4, -0.2) is 23.2 Å². The van der Waals surface area contributed by atoms with Crippen LogP contribution in [0.4, 0.5) is 0 Å². The molecule has 0 aliphatic rings. The van der Waals surface area contributed by atoms with Gasteiger partial charge in [0.15, 0.2) is 0 Å². The van der Waals surface area contributed by atoms with Crippen LogP contribution >= 0.6 is 11.8 Å². The molecule has 0 saturated carbocycles. The summed E-state index contributed by atoms with van der Waals surface area (Å²) in [5.74, 6) is 1.77. The molecular weight excluding hydrogens is 108 g/mol. The van der Waals surface area contributed by atoms with E-state index >= 15 is 0 Å². The SMILES string of the molecule is C=CCSCCO. The summed E-state index contributed by atoms with van der Waals surface area (Å²) in [4.78, 5) is 0. The Morgan fingerprint density at radius 1 is 1.71 bits per heavy atom. The molecule has 2 heteroatoms. The molecule has 0 heterocycles. The smallest absolute Gasteiger partial charge is 0.0521 e. The minimum absolute atomic E-state index is 0.276. The van der Waals surface area contributed by atoms with Crippen LogP contribution in [0, 0.1) is 0 Å². The predicted molar refractivity (Wildman–Crippen MR) is 34.6 cm³/mol. The molecule has 0 aliphatic carbocycles. The molecule has 0 rings (SSSR count). The van der Waals surface area contributed by atoms with Crippen LogP contribution in [0.2, 0.25) is 0 Å². The van der Waals surface area contributed by atoms with Crippen molar-refractivity contribution in [3.8, 4) is 0 Å². The van der Waals surface area contributed by atoms with Gasteiger partial charge in [-0.25, -0.2) is 0 Å². The van der Waals surface area contributed by atoms with Crippen molar-refractivity contribution in [3.63, 3.8) is 0 Å². The van der Waals surface area contributed by atoms with Gasteiger partial charge in [-0.2, -0.15) is 11.8 Å². The van der Waals surface area contributed by atoms with Crippen molar-refractivity contribution in [3.05, 3.63) is 12.7 Å². The van der Waals surface area contributed by atoms with Crippen LogP contribution in [0.1, 0.15) is 0 Å². The molecule has 0 saturated heterocycles. The lowest BCUT2D eigenvalue weighted by atomic mass is 10.8. The molecule has 0 amide bonds. The third-order valence-electron chi connectivity index (χ3n) is 0.471. The van der Waals surface area contributed by atoms with Crippen LogP contribution in [0.25, 0.3) is 0 Å². The first-order chi connectivity index (χ1) is 3.41. The van der Waals surface area contributed by atoms with Gasteiger partial charge in [-0.15, -0.1) is 6.58 Å². The molecule has 0 aromatic carbocycles. The van der Waals surface area contributed by atoms with Crippen molar-refractivity contribution in [2.45, 2.75) is 0 Å². The summed E-state index contributed by atoms with van der Waals surface area (Å²) in [7, 11) is 0. The van der Waals surface area contributed by atoms with E-state index in [4.69, 9.17) is 5.11 Å². The largest absolute Gasteiger partial charge is 0.396 e. The van der Waals surface area contributed by atoms with Crippen LogP contribution < -0.4 is 0 Å². The molecule has 0 aromatic heterocycles. The van der Waals surface area contributed by atoms with E-state index in [1.165, 1.54) is 0 Å². The number of aliphatic hydroxyl groups is 1. The van der Waals surface area contributed by atoms with E-state index in [9.17, 15) is 0 Å². The Morgan fingerprint density at radius 3 is 2.86 bits per heavy atom. The van der Waals surface area contributed by atoms with Gasteiger partial charge in [0.2, 0.25) is 0 Å². The Hall–Kier alpha value is 0.0500. The van der Waals surface area contributed by atoms with E-state index in [-0.39, 0.29) is 6.61 Å². The summed E-state index contributed by atoms with van der Waals surface area (Å²) in [6, 6.07) is 0. The zero-order valence-electron chi connectivity index (χ0n) is 4.26. The molecule has 0 unspecified atom stereocenters. The Bertz CT molecular complexity index is 45.3. The van der Waals surface area contributed by atoms with Crippen LogP contribution in [-0.2, 0) is 0 Å². The number of hydrogen-bond acceptors (Lipinski definition) is 2. The van der Waals surface area contributed by atoms with E-state index in [1.54, 1.807) is 11.8 Å². The van der Waals surface area contributed by atoms with Crippen LogP contribution in [0.15, 0.2) is 12.7 Å². The number of thioether (sulfide) groups is 1. The topological polar surface area (TPSA) is 20.2 Å². The summed E-state index contributed by atoms with van der Waals surface area (Å²) < 4.78 is 0. The molecule has 0 radical (unpaired) electrons. The molecular formula is C5H10OS. The first-order valence-corrected chi connectivity index (χ1v) is 3.36. The summed E-state index contributed by atoms with van der Waals surface area (Å²) in [6.07, 6.45) is 1.83. The highest BCUT2D eigenvalue weighted by molar-refractivity contribution is 7.99. The van der Waals surface area contributed by atoms with Gasteiger partial charge in [-0.1, -0.05) is 6.08 Å². The third-order valence-corrected chi connectivity index (χ3v) is 1.41. The molecule has 0 fully saturated rings. The summed E-state index contributed by atoms with van der Waals surface area (Å²) in [6.45, 7) is 3.81. The molecule has 1 nitrogen and oxygen atoms in total. The normalized spacial score (nSPS) is 8.71. The maximum atomic E-state index is 8.24. The summed E-state index contributed by atoms with van der Waals surface area (Å²) >= 11 is 1.69. The van der Waals surface area contributed by atoms with E-state index in [1.807, 2.05) is 6.08 Å². The van der Waals surface area contributed by atoms with Crippen molar-refractivity contribution < 1.29 is 5.11 Å². The van der Waals surface area contributed by atoms with Gasteiger partial charge in [-0.05, 0) is 0 Å². The van der Waals surface area contributed by atoms with Crippen LogP contribution in [0.5, 0.6) is 0 Å². The molecule has 7 heavy (non-hydrogen) atoms. The van der Waals surface area contributed by atoms with Gasteiger partial charge in [0.25, 0.3) is 0 Å². The Morgan fingerprint density at radius 2 is 2.43 bits per heavy atom. The number of rotatable bonds is 4. The van der Waals surface area contributed by atoms with Gasteiger partial charge in [-0.3, -0.25) is 0 Å². The van der Waals surface area contributed by atoms with E-state index < -0.39 is 0 Å². The number of aliphatic hydroxyl groups excluding tert-OH is 1.